The standard InChI is InChI=1S/C13H17NO/c1-3-4-5-12(10-14)11-6-8-13(15-2)9-7-11/h6-9,12H,3-5H2,1-2H3/t12-/m0/s1. The Hall–Kier alpha value is -1.49. The van der Waals surface area contributed by atoms with Crippen molar-refractivity contribution in [3.8, 4) is 11.8 Å². The zero-order valence-corrected chi connectivity index (χ0v) is 9.36. The minimum atomic E-state index is 0.0239. The Labute approximate surface area is 91.5 Å². The largest absolute Gasteiger partial charge is 0.497 e. The third-order valence-corrected chi connectivity index (χ3v) is 2.52. The third-order valence-electron chi connectivity index (χ3n) is 2.52. The van der Waals surface area contributed by atoms with E-state index in [0.29, 0.717) is 0 Å². The third kappa shape index (κ3) is 3.28. The van der Waals surface area contributed by atoms with Gasteiger partial charge in [-0.25, -0.2) is 0 Å². The molecule has 0 N–H and O–H groups in total. The molecular formula is C13H17NO. The van der Waals surface area contributed by atoms with Crippen LogP contribution in [0.4, 0.5) is 0 Å². The number of nitrogens with zero attached hydrogens (tertiary/aromatic N) is 1. The van der Waals surface area contributed by atoms with Crippen LogP contribution in [0.25, 0.3) is 0 Å². The smallest absolute Gasteiger partial charge is 0.118 e. The molecule has 0 saturated carbocycles. The van der Waals surface area contributed by atoms with Gasteiger partial charge in [-0.15, -0.1) is 0 Å². The molecule has 0 spiro atoms. The molecule has 0 heterocycles. The lowest BCUT2D eigenvalue weighted by Crippen LogP contribution is -1.95. The van der Waals surface area contributed by atoms with Crippen LogP contribution in [-0.2, 0) is 0 Å². The van der Waals surface area contributed by atoms with Gasteiger partial charge in [-0.05, 0) is 24.1 Å². The van der Waals surface area contributed by atoms with Crippen molar-refractivity contribution in [2.75, 3.05) is 7.11 Å². The summed E-state index contributed by atoms with van der Waals surface area (Å²) in [5.74, 6) is 0.863. The van der Waals surface area contributed by atoms with Gasteiger partial charge in [0, 0.05) is 0 Å². The molecule has 0 unspecified atom stereocenters. The highest BCUT2D eigenvalue weighted by Crippen LogP contribution is 2.23. The molecule has 0 amide bonds. The Morgan fingerprint density at radius 3 is 2.47 bits per heavy atom. The van der Waals surface area contributed by atoms with E-state index < -0.39 is 0 Å². The quantitative estimate of drug-likeness (QED) is 0.733. The van der Waals surface area contributed by atoms with E-state index in [-0.39, 0.29) is 5.92 Å². The SMILES string of the molecule is CCCC[C@@H](C#N)c1ccc(OC)cc1. The van der Waals surface area contributed by atoms with Crippen molar-refractivity contribution in [2.45, 2.75) is 32.1 Å². The fourth-order valence-electron chi connectivity index (χ4n) is 1.55. The van der Waals surface area contributed by atoms with E-state index in [1.165, 1.54) is 0 Å². The summed E-state index contributed by atoms with van der Waals surface area (Å²) in [4.78, 5) is 0. The molecule has 0 aliphatic heterocycles. The van der Waals surface area contributed by atoms with Crippen LogP contribution in [0.3, 0.4) is 0 Å². The normalized spacial score (nSPS) is 11.8. The number of hydrogen-bond donors (Lipinski definition) is 0. The van der Waals surface area contributed by atoms with Crippen molar-refractivity contribution in [1.29, 1.82) is 5.26 Å². The molecule has 0 bridgehead atoms. The summed E-state index contributed by atoms with van der Waals surface area (Å²) in [5, 5.41) is 9.05. The molecule has 15 heavy (non-hydrogen) atoms. The predicted molar refractivity (Wildman–Crippen MR) is 60.9 cm³/mol. The van der Waals surface area contributed by atoms with E-state index in [0.717, 1.165) is 30.6 Å². The monoisotopic (exact) mass is 203 g/mol. The molecule has 2 nitrogen and oxygen atoms in total. The van der Waals surface area contributed by atoms with Crippen LogP contribution in [0.1, 0.15) is 37.7 Å². The summed E-state index contributed by atoms with van der Waals surface area (Å²) in [7, 11) is 1.65. The van der Waals surface area contributed by atoms with E-state index in [4.69, 9.17) is 10.00 Å². The van der Waals surface area contributed by atoms with Gasteiger partial charge in [-0.2, -0.15) is 5.26 Å². The molecule has 0 radical (unpaired) electrons. The van der Waals surface area contributed by atoms with Crippen LogP contribution in [-0.4, -0.2) is 7.11 Å². The zero-order chi connectivity index (χ0) is 11.1. The fraction of sp³-hybridized carbons (Fsp3) is 0.462. The second-order valence-corrected chi connectivity index (χ2v) is 3.60. The van der Waals surface area contributed by atoms with Crippen molar-refractivity contribution in [3.63, 3.8) is 0 Å². The van der Waals surface area contributed by atoms with Gasteiger partial charge >= 0.3 is 0 Å². The first-order chi connectivity index (χ1) is 7.31. The number of nitriles is 1. The Kier molecular flexibility index (Phi) is 4.70. The van der Waals surface area contributed by atoms with Gasteiger partial charge in [0.05, 0.1) is 19.1 Å². The van der Waals surface area contributed by atoms with Crippen molar-refractivity contribution in [1.82, 2.24) is 0 Å². The maximum absolute atomic E-state index is 9.05. The average Bonchev–Trinajstić information content (AvgIpc) is 2.31. The highest BCUT2D eigenvalue weighted by molar-refractivity contribution is 5.31. The highest BCUT2D eigenvalue weighted by atomic mass is 16.5. The summed E-state index contributed by atoms with van der Waals surface area (Å²) in [6.07, 6.45) is 3.18. The summed E-state index contributed by atoms with van der Waals surface area (Å²) in [5.41, 5.74) is 1.09. The molecule has 2 heteroatoms. The topological polar surface area (TPSA) is 33.0 Å². The van der Waals surface area contributed by atoms with Crippen LogP contribution < -0.4 is 4.74 Å². The van der Waals surface area contributed by atoms with E-state index in [1.54, 1.807) is 7.11 Å². The molecular weight excluding hydrogens is 186 g/mol. The Balaban J connectivity index is 2.70. The molecule has 1 aromatic rings. The Morgan fingerprint density at radius 1 is 1.33 bits per heavy atom. The second kappa shape index (κ2) is 6.08. The van der Waals surface area contributed by atoms with Crippen molar-refractivity contribution in [2.24, 2.45) is 0 Å². The summed E-state index contributed by atoms with van der Waals surface area (Å²) < 4.78 is 5.08. The second-order valence-electron chi connectivity index (χ2n) is 3.60. The van der Waals surface area contributed by atoms with Gasteiger partial charge in [0.15, 0.2) is 0 Å². The zero-order valence-electron chi connectivity index (χ0n) is 9.36. The molecule has 0 fully saturated rings. The maximum atomic E-state index is 9.05. The highest BCUT2D eigenvalue weighted by Gasteiger charge is 2.09. The van der Waals surface area contributed by atoms with Gasteiger partial charge in [-0.1, -0.05) is 31.9 Å². The van der Waals surface area contributed by atoms with E-state index in [1.807, 2.05) is 24.3 Å². The molecule has 0 aliphatic carbocycles. The number of ether oxygens (including phenoxy) is 1. The van der Waals surface area contributed by atoms with Crippen LogP contribution in [0.5, 0.6) is 5.75 Å². The first-order valence-corrected chi connectivity index (χ1v) is 5.35. The van der Waals surface area contributed by atoms with Gasteiger partial charge in [0.25, 0.3) is 0 Å². The van der Waals surface area contributed by atoms with Gasteiger partial charge < -0.3 is 4.74 Å². The van der Waals surface area contributed by atoms with Crippen molar-refractivity contribution >= 4 is 0 Å². The molecule has 1 atom stereocenters. The van der Waals surface area contributed by atoms with Crippen LogP contribution in [0.15, 0.2) is 24.3 Å². The average molecular weight is 203 g/mol. The van der Waals surface area contributed by atoms with Gasteiger partial charge in [0.1, 0.15) is 5.75 Å². The number of unbranched alkanes of at least 4 members (excludes halogenated alkanes) is 1. The Bertz CT molecular complexity index is 323. The van der Waals surface area contributed by atoms with Gasteiger partial charge in [-0.3, -0.25) is 0 Å². The number of hydrogen-bond acceptors (Lipinski definition) is 2. The number of rotatable bonds is 5. The van der Waals surface area contributed by atoms with Crippen LogP contribution >= 0.6 is 0 Å². The summed E-state index contributed by atoms with van der Waals surface area (Å²) >= 11 is 0. The lowest BCUT2D eigenvalue weighted by molar-refractivity contribution is 0.414. The van der Waals surface area contributed by atoms with E-state index >= 15 is 0 Å². The van der Waals surface area contributed by atoms with Crippen molar-refractivity contribution < 1.29 is 4.74 Å². The summed E-state index contributed by atoms with van der Waals surface area (Å²) in [6.45, 7) is 2.14. The first-order valence-electron chi connectivity index (χ1n) is 5.35. The molecule has 80 valence electrons. The van der Waals surface area contributed by atoms with Crippen molar-refractivity contribution in [3.05, 3.63) is 29.8 Å². The number of benzene rings is 1. The van der Waals surface area contributed by atoms with Gasteiger partial charge in [0.2, 0.25) is 0 Å². The van der Waals surface area contributed by atoms with E-state index in [9.17, 15) is 0 Å². The summed E-state index contributed by atoms with van der Waals surface area (Å²) in [6, 6.07) is 10.1. The molecule has 0 aliphatic rings. The number of methoxy groups -OCH3 is 1. The lowest BCUT2D eigenvalue weighted by Gasteiger charge is -2.09. The van der Waals surface area contributed by atoms with E-state index in [2.05, 4.69) is 13.0 Å². The molecule has 0 saturated heterocycles. The minimum absolute atomic E-state index is 0.0239. The predicted octanol–water partition coefficient (Wildman–Crippen LogP) is 3.49. The van der Waals surface area contributed by atoms with Crippen LogP contribution in [0.2, 0.25) is 0 Å². The fourth-order valence-corrected chi connectivity index (χ4v) is 1.55. The maximum Gasteiger partial charge on any atom is 0.118 e. The lowest BCUT2D eigenvalue weighted by atomic mass is 9.95. The minimum Gasteiger partial charge on any atom is -0.497 e. The first kappa shape index (κ1) is 11.6. The molecule has 1 aromatic carbocycles. The van der Waals surface area contributed by atoms with Crippen LogP contribution in [0, 0.1) is 11.3 Å². The Morgan fingerprint density at radius 2 is 2.00 bits per heavy atom. The molecule has 1 rings (SSSR count). The molecule has 0 aromatic heterocycles.